The number of anilines is 1. The number of ether oxygens (including phenoxy) is 1. The van der Waals surface area contributed by atoms with Gasteiger partial charge in [-0.2, -0.15) is 4.98 Å². The monoisotopic (exact) mass is 227 g/mol. The average molecular weight is 227 g/mol. The first-order valence-corrected chi connectivity index (χ1v) is 5.48. The Balaban J connectivity index is 2.86. The second kappa shape index (κ2) is 4.41. The first-order chi connectivity index (χ1) is 7.30. The number of hydrogen-bond acceptors (Lipinski definition) is 5. The van der Waals surface area contributed by atoms with Crippen molar-refractivity contribution in [2.75, 3.05) is 12.4 Å². The predicted octanol–water partition coefficient (Wildman–Crippen LogP) is 2.55. The summed E-state index contributed by atoms with van der Waals surface area (Å²) in [6.45, 7) is 10.1. The van der Waals surface area contributed by atoms with Crippen LogP contribution >= 0.6 is 0 Å². The average Bonchev–Trinajstić information content (AvgIpc) is 2.63. The van der Waals surface area contributed by atoms with Crippen molar-refractivity contribution < 1.29 is 9.26 Å². The second-order valence-electron chi connectivity index (χ2n) is 5.09. The molecule has 1 heterocycles. The quantitative estimate of drug-likeness (QED) is 0.856. The third-order valence-electron chi connectivity index (χ3n) is 2.51. The number of hydrogen-bond donors (Lipinski definition) is 1. The van der Waals surface area contributed by atoms with Gasteiger partial charge in [-0.25, -0.2) is 0 Å². The molecule has 1 N–H and O–H groups in total. The Labute approximate surface area is 96.6 Å². The molecule has 0 aliphatic heterocycles. The normalized spacial score (nSPS) is 15.9. The zero-order valence-corrected chi connectivity index (χ0v) is 10.9. The van der Waals surface area contributed by atoms with Crippen LogP contribution in [-0.4, -0.2) is 22.8 Å². The number of nitrogens with zero attached hydrogens (tertiary/aromatic N) is 2. The molecule has 1 unspecified atom stereocenters. The molecular weight excluding hydrogens is 206 g/mol. The summed E-state index contributed by atoms with van der Waals surface area (Å²) < 4.78 is 10.5. The SMILES string of the molecule is CCC(C)(OC)c1noc(NC(C)(C)C)n1. The molecule has 0 saturated heterocycles. The molecule has 92 valence electrons. The van der Waals surface area contributed by atoms with Crippen molar-refractivity contribution >= 4 is 6.01 Å². The summed E-state index contributed by atoms with van der Waals surface area (Å²) in [7, 11) is 1.65. The van der Waals surface area contributed by atoms with E-state index in [1.807, 2.05) is 34.6 Å². The Morgan fingerprint density at radius 2 is 1.94 bits per heavy atom. The van der Waals surface area contributed by atoms with Crippen molar-refractivity contribution in [3.8, 4) is 0 Å². The maximum absolute atomic E-state index is 5.40. The van der Waals surface area contributed by atoms with Crippen LogP contribution in [-0.2, 0) is 10.3 Å². The van der Waals surface area contributed by atoms with Gasteiger partial charge in [0.15, 0.2) is 0 Å². The van der Waals surface area contributed by atoms with Crippen LogP contribution in [0.5, 0.6) is 0 Å². The van der Waals surface area contributed by atoms with Crippen LogP contribution < -0.4 is 5.32 Å². The van der Waals surface area contributed by atoms with Crippen LogP contribution in [0.3, 0.4) is 0 Å². The molecule has 1 rings (SSSR count). The molecule has 0 aliphatic rings. The first-order valence-electron chi connectivity index (χ1n) is 5.48. The van der Waals surface area contributed by atoms with E-state index in [2.05, 4.69) is 15.5 Å². The molecule has 1 aromatic heterocycles. The van der Waals surface area contributed by atoms with Crippen LogP contribution in [0.2, 0.25) is 0 Å². The van der Waals surface area contributed by atoms with Gasteiger partial charge in [0.25, 0.3) is 0 Å². The topological polar surface area (TPSA) is 60.2 Å². The molecule has 1 aromatic rings. The lowest BCUT2D eigenvalue weighted by Gasteiger charge is -2.22. The van der Waals surface area contributed by atoms with E-state index in [4.69, 9.17) is 9.26 Å². The van der Waals surface area contributed by atoms with Crippen molar-refractivity contribution in [2.45, 2.75) is 52.2 Å². The lowest BCUT2D eigenvalue weighted by Crippen LogP contribution is -2.27. The van der Waals surface area contributed by atoms with E-state index in [0.717, 1.165) is 6.42 Å². The third kappa shape index (κ3) is 2.95. The van der Waals surface area contributed by atoms with E-state index >= 15 is 0 Å². The summed E-state index contributed by atoms with van der Waals surface area (Å²) in [5, 5.41) is 7.07. The molecule has 0 amide bonds. The summed E-state index contributed by atoms with van der Waals surface area (Å²) >= 11 is 0. The number of methoxy groups -OCH3 is 1. The summed E-state index contributed by atoms with van der Waals surface area (Å²) in [5.41, 5.74) is -0.583. The maximum atomic E-state index is 5.40. The van der Waals surface area contributed by atoms with E-state index in [9.17, 15) is 0 Å². The van der Waals surface area contributed by atoms with Gasteiger partial charge in [-0.3, -0.25) is 0 Å². The third-order valence-corrected chi connectivity index (χ3v) is 2.51. The highest BCUT2D eigenvalue weighted by molar-refractivity contribution is 5.23. The van der Waals surface area contributed by atoms with Gasteiger partial charge in [0, 0.05) is 12.6 Å². The van der Waals surface area contributed by atoms with Crippen molar-refractivity contribution in [2.24, 2.45) is 0 Å². The molecule has 0 spiro atoms. The zero-order chi connectivity index (χ0) is 12.4. The predicted molar refractivity (Wildman–Crippen MR) is 62.3 cm³/mol. The molecule has 0 aromatic carbocycles. The van der Waals surface area contributed by atoms with Gasteiger partial charge in [0.1, 0.15) is 5.60 Å². The number of rotatable bonds is 4. The van der Waals surface area contributed by atoms with Crippen LogP contribution in [0.1, 0.15) is 46.9 Å². The van der Waals surface area contributed by atoms with E-state index in [1.54, 1.807) is 7.11 Å². The molecule has 16 heavy (non-hydrogen) atoms. The van der Waals surface area contributed by atoms with Gasteiger partial charge in [0.05, 0.1) is 0 Å². The molecule has 0 radical (unpaired) electrons. The van der Waals surface area contributed by atoms with Crippen molar-refractivity contribution in [1.29, 1.82) is 0 Å². The van der Waals surface area contributed by atoms with Crippen LogP contribution in [0.15, 0.2) is 4.52 Å². The minimum atomic E-state index is -0.485. The molecule has 0 aliphatic carbocycles. The summed E-state index contributed by atoms with van der Waals surface area (Å²) in [6, 6.07) is 0.430. The highest BCUT2D eigenvalue weighted by Gasteiger charge is 2.30. The maximum Gasteiger partial charge on any atom is 0.321 e. The summed E-state index contributed by atoms with van der Waals surface area (Å²) in [5.74, 6) is 0.573. The van der Waals surface area contributed by atoms with E-state index in [-0.39, 0.29) is 5.54 Å². The fraction of sp³-hybridized carbons (Fsp3) is 0.818. The minimum Gasteiger partial charge on any atom is -0.370 e. The van der Waals surface area contributed by atoms with Gasteiger partial charge < -0.3 is 14.6 Å². The van der Waals surface area contributed by atoms with Crippen molar-refractivity contribution in [1.82, 2.24) is 10.1 Å². The summed E-state index contributed by atoms with van der Waals surface area (Å²) in [4.78, 5) is 4.30. The Hall–Kier alpha value is -1.10. The van der Waals surface area contributed by atoms with Crippen LogP contribution in [0.4, 0.5) is 6.01 Å². The minimum absolute atomic E-state index is 0.0977. The Bertz CT molecular complexity index is 337. The fourth-order valence-corrected chi connectivity index (χ4v) is 1.20. The van der Waals surface area contributed by atoms with Gasteiger partial charge in [-0.05, 0) is 34.1 Å². The standard InChI is InChI=1S/C11H21N3O2/c1-7-11(5,15-6)8-12-9(16-14-8)13-10(2,3)4/h7H2,1-6H3,(H,12,13,14). The number of aromatic nitrogens is 2. The Morgan fingerprint density at radius 3 is 2.38 bits per heavy atom. The number of nitrogens with one attached hydrogen (secondary N) is 1. The lowest BCUT2D eigenvalue weighted by atomic mass is 10.0. The highest BCUT2D eigenvalue weighted by atomic mass is 16.5. The van der Waals surface area contributed by atoms with E-state index in [1.165, 1.54) is 0 Å². The fourth-order valence-electron chi connectivity index (χ4n) is 1.20. The van der Waals surface area contributed by atoms with Crippen molar-refractivity contribution in [3.63, 3.8) is 0 Å². The molecule has 5 heteroatoms. The Morgan fingerprint density at radius 1 is 1.31 bits per heavy atom. The lowest BCUT2D eigenvalue weighted by molar-refractivity contribution is -0.0106. The highest BCUT2D eigenvalue weighted by Crippen LogP contribution is 2.26. The smallest absolute Gasteiger partial charge is 0.321 e. The van der Waals surface area contributed by atoms with E-state index in [0.29, 0.717) is 11.8 Å². The van der Waals surface area contributed by atoms with Gasteiger partial charge in [-0.15, -0.1) is 0 Å². The Kier molecular flexibility index (Phi) is 3.57. The van der Waals surface area contributed by atoms with E-state index < -0.39 is 5.60 Å². The summed E-state index contributed by atoms with van der Waals surface area (Å²) in [6.07, 6.45) is 0.790. The second-order valence-corrected chi connectivity index (χ2v) is 5.09. The molecule has 1 atom stereocenters. The van der Waals surface area contributed by atoms with Crippen LogP contribution in [0.25, 0.3) is 0 Å². The molecule has 0 saturated carbocycles. The molecule has 0 bridgehead atoms. The van der Waals surface area contributed by atoms with Gasteiger partial charge in [-0.1, -0.05) is 12.1 Å². The molecular formula is C11H21N3O2. The van der Waals surface area contributed by atoms with Gasteiger partial charge >= 0.3 is 6.01 Å². The first kappa shape index (κ1) is 13.0. The van der Waals surface area contributed by atoms with Gasteiger partial charge in [0.2, 0.25) is 5.82 Å². The van der Waals surface area contributed by atoms with Crippen molar-refractivity contribution in [3.05, 3.63) is 5.82 Å². The molecule has 0 fully saturated rings. The molecule has 5 nitrogen and oxygen atoms in total. The van der Waals surface area contributed by atoms with Crippen LogP contribution in [0, 0.1) is 0 Å². The zero-order valence-electron chi connectivity index (χ0n) is 10.9. The largest absolute Gasteiger partial charge is 0.370 e.